The highest BCUT2D eigenvalue weighted by atomic mass is 35.5. The quantitative estimate of drug-likeness (QED) is 0.817. The van der Waals surface area contributed by atoms with E-state index in [0.29, 0.717) is 17.4 Å². The normalized spacial score (nSPS) is 22.1. The summed E-state index contributed by atoms with van der Waals surface area (Å²) in [6.07, 6.45) is 0.963. The van der Waals surface area contributed by atoms with Gasteiger partial charge in [-0.15, -0.1) is 0 Å². The second-order valence-electron chi connectivity index (χ2n) is 7.07. The van der Waals surface area contributed by atoms with Gasteiger partial charge in [-0.2, -0.15) is 5.10 Å². The summed E-state index contributed by atoms with van der Waals surface area (Å²) in [4.78, 5) is 2.48. The molecule has 2 atom stereocenters. The van der Waals surface area contributed by atoms with Gasteiger partial charge in [-0.05, 0) is 30.2 Å². The summed E-state index contributed by atoms with van der Waals surface area (Å²) in [5.74, 6) is 0.709. The number of phenolic OH excluding ortho intramolecular Hbond substituents is 1. The van der Waals surface area contributed by atoms with E-state index in [-0.39, 0.29) is 17.7 Å². The first kappa shape index (κ1) is 18.1. The maximum atomic E-state index is 10.1. The Hall–Kier alpha value is -2.24. The van der Waals surface area contributed by atoms with E-state index in [1.54, 1.807) is 0 Å². The average molecular weight is 386 g/mol. The Morgan fingerprint density at radius 3 is 2.89 bits per heavy atom. The predicted octanol–water partition coefficient (Wildman–Crippen LogP) is 3.97. The molecule has 142 valence electrons. The molecule has 2 unspecified atom stereocenters. The van der Waals surface area contributed by atoms with Crippen LogP contribution in [0.5, 0.6) is 11.5 Å². The predicted molar refractivity (Wildman–Crippen MR) is 107 cm³/mol. The number of halogens is 1. The van der Waals surface area contributed by atoms with Crippen LogP contribution in [-0.4, -0.2) is 35.4 Å². The minimum Gasteiger partial charge on any atom is -0.503 e. The Balaban J connectivity index is 1.54. The van der Waals surface area contributed by atoms with Gasteiger partial charge >= 0.3 is 0 Å². The Bertz CT molecular complexity index is 841. The lowest BCUT2D eigenvalue weighted by Gasteiger charge is -2.33. The Morgan fingerprint density at radius 1 is 1.30 bits per heavy atom. The van der Waals surface area contributed by atoms with Crippen LogP contribution in [0.4, 0.5) is 0 Å². The number of likely N-dealkylation sites (tertiary alicyclic amines) is 1. The van der Waals surface area contributed by atoms with Crippen molar-refractivity contribution in [1.82, 2.24) is 10.3 Å². The van der Waals surface area contributed by atoms with Crippen LogP contribution in [0.1, 0.15) is 30.5 Å². The molecule has 0 radical (unpaired) electrons. The van der Waals surface area contributed by atoms with Crippen LogP contribution < -0.4 is 10.2 Å². The molecule has 2 aromatic carbocycles. The van der Waals surface area contributed by atoms with Crippen LogP contribution in [0.25, 0.3) is 0 Å². The van der Waals surface area contributed by atoms with E-state index in [1.807, 2.05) is 25.1 Å². The molecular weight excluding hydrogens is 362 g/mol. The number of hydrazone groups is 1. The summed E-state index contributed by atoms with van der Waals surface area (Å²) >= 11 is 6.24. The number of ether oxygens (including phenoxy) is 1. The molecule has 0 saturated carbocycles. The van der Waals surface area contributed by atoms with Crippen LogP contribution >= 0.6 is 11.6 Å². The molecule has 2 N–H and O–H groups in total. The molecule has 5 nitrogen and oxygen atoms in total. The molecule has 2 aliphatic rings. The minimum absolute atomic E-state index is 0.00393. The highest BCUT2D eigenvalue weighted by Gasteiger charge is 2.37. The SMILES string of the molecule is CCOc1cc(C2NN=C3CCN(Cc4ccccc4)CC32)cc(Cl)c1O. The summed E-state index contributed by atoms with van der Waals surface area (Å²) in [5.41, 5.74) is 6.81. The van der Waals surface area contributed by atoms with E-state index in [9.17, 15) is 5.11 Å². The van der Waals surface area contributed by atoms with E-state index in [4.69, 9.17) is 16.3 Å². The monoisotopic (exact) mass is 385 g/mol. The van der Waals surface area contributed by atoms with Crippen LogP contribution in [0, 0.1) is 5.92 Å². The molecule has 6 heteroatoms. The molecule has 0 aromatic heterocycles. The maximum absolute atomic E-state index is 10.1. The highest BCUT2D eigenvalue weighted by molar-refractivity contribution is 6.32. The lowest BCUT2D eigenvalue weighted by atomic mass is 9.86. The van der Waals surface area contributed by atoms with Crippen molar-refractivity contribution >= 4 is 17.3 Å². The van der Waals surface area contributed by atoms with Gasteiger partial charge in [0.15, 0.2) is 11.5 Å². The molecule has 1 fully saturated rings. The van der Waals surface area contributed by atoms with Crippen molar-refractivity contribution in [3.05, 3.63) is 58.6 Å². The van der Waals surface area contributed by atoms with Crippen molar-refractivity contribution < 1.29 is 9.84 Å². The van der Waals surface area contributed by atoms with Crippen LogP contribution in [-0.2, 0) is 6.54 Å². The fourth-order valence-electron chi connectivity index (χ4n) is 3.94. The van der Waals surface area contributed by atoms with Gasteiger partial charge in [0, 0.05) is 37.7 Å². The summed E-state index contributed by atoms with van der Waals surface area (Å²) in [6, 6.07) is 14.3. The molecule has 27 heavy (non-hydrogen) atoms. The summed E-state index contributed by atoms with van der Waals surface area (Å²) in [6.45, 7) is 5.25. The van der Waals surface area contributed by atoms with Gasteiger partial charge in [-0.25, -0.2) is 0 Å². The van der Waals surface area contributed by atoms with Crippen LogP contribution in [0.2, 0.25) is 5.02 Å². The molecule has 2 aromatic rings. The number of aromatic hydroxyl groups is 1. The van der Waals surface area contributed by atoms with Crippen LogP contribution in [0.15, 0.2) is 47.6 Å². The molecular formula is C21H24ClN3O2. The molecule has 2 aliphatic heterocycles. The van der Waals surface area contributed by atoms with Crippen molar-refractivity contribution in [2.45, 2.75) is 25.9 Å². The first-order chi connectivity index (χ1) is 13.2. The fourth-order valence-corrected chi connectivity index (χ4v) is 4.16. The maximum Gasteiger partial charge on any atom is 0.176 e. The topological polar surface area (TPSA) is 57.1 Å². The largest absolute Gasteiger partial charge is 0.503 e. The summed E-state index contributed by atoms with van der Waals surface area (Å²) in [5, 5.41) is 15.0. The highest BCUT2D eigenvalue weighted by Crippen LogP contribution is 2.40. The molecule has 0 bridgehead atoms. The van der Waals surface area contributed by atoms with Crippen LogP contribution in [0.3, 0.4) is 0 Å². The zero-order valence-corrected chi connectivity index (χ0v) is 16.1. The lowest BCUT2D eigenvalue weighted by molar-refractivity contribution is 0.220. The number of rotatable bonds is 5. The van der Waals surface area contributed by atoms with E-state index in [2.05, 4.69) is 39.7 Å². The summed E-state index contributed by atoms with van der Waals surface area (Å²) < 4.78 is 5.54. The number of phenols is 1. The first-order valence-corrected chi connectivity index (χ1v) is 9.77. The molecule has 0 amide bonds. The number of piperidine rings is 1. The zero-order chi connectivity index (χ0) is 18.8. The number of nitrogens with one attached hydrogen (secondary N) is 1. The van der Waals surface area contributed by atoms with Crippen molar-refractivity contribution in [1.29, 1.82) is 0 Å². The zero-order valence-electron chi connectivity index (χ0n) is 15.4. The molecule has 2 heterocycles. The third-order valence-corrected chi connectivity index (χ3v) is 5.56. The van der Waals surface area contributed by atoms with Gasteiger partial charge in [0.05, 0.1) is 17.7 Å². The van der Waals surface area contributed by atoms with Gasteiger partial charge in [0.25, 0.3) is 0 Å². The second kappa shape index (κ2) is 7.79. The smallest absolute Gasteiger partial charge is 0.176 e. The molecule has 1 saturated heterocycles. The fraction of sp³-hybridized carbons (Fsp3) is 0.381. The van der Waals surface area contributed by atoms with E-state index >= 15 is 0 Å². The van der Waals surface area contributed by atoms with Crippen molar-refractivity contribution in [2.24, 2.45) is 11.0 Å². The lowest BCUT2D eigenvalue weighted by Crippen LogP contribution is -2.41. The third-order valence-electron chi connectivity index (χ3n) is 5.28. The van der Waals surface area contributed by atoms with E-state index in [1.165, 1.54) is 11.3 Å². The Labute approximate surface area is 164 Å². The van der Waals surface area contributed by atoms with Gasteiger partial charge in [0.1, 0.15) is 0 Å². The van der Waals surface area contributed by atoms with Crippen molar-refractivity contribution in [3.63, 3.8) is 0 Å². The number of benzene rings is 2. The van der Waals surface area contributed by atoms with Gasteiger partial charge in [-0.3, -0.25) is 4.90 Å². The number of hydrogen-bond donors (Lipinski definition) is 2. The molecule has 0 aliphatic carbocycles. The Kier molecular flexibility index (Phi) is 5.23. The van der Waals surface area contributed by atoms with Crippen molar-refractivity contribution in [2.75, 3.05) is 19.7 Å². The number of nitrogens with zero attached hydrogens (tertiary/aromatic N) is 2. The van der Waals surface area contributed by atoms with E-state index in [0.717, 1.165) is 31.6 Å². The average Bonchev–Trinajstić information content (AvgIpc) is 3.09. The Morgan fingerprint density at radius 2 is 2.11 bits per heavy atom. The number of hydrogen-bond acceptors (Lipinski definition) is 5. The summed E-state index contributed by atoms with van der Waals surface area (Å²) in [7, 11) is 0. The van der Waals surface area contributed by atoms with Gasteiger partial charge in [-0.1, -0.05) is 41.9 Å². The third kappa shape index (κ3) is 3.75. The number of fused-ring (bicyclic) bond motifs is 1. The molecule has 4 rings (SSSR count). The van der Waals surface area contributed by atoms with Gasteiger partial charge < -0.3 is 15.3 Å². The standard InChI is InChI=1S/C21H24ClN3O2/c1-2-27-19-11-15(10-17(22)21(19)26)20-16-13-25(9-8-18(16)23-24-20)12-14-6-4-3-5-7-14/h3-7,10-11,16,20,24,26H,2,8-9,12-13H2,1H3. The van der Waals surface area contributed by atoms with E-state index < -0.39 is 0 Å². The van der Waals surface area contributed by atoms with Gasteiger partial charge in [0.2, 0.25) is 0 Å². The first-order valence-electron chi connectivity index (χ1n) is 9.39. The minimum atomic E-state index is -0.00393. The van der Waals surface area contributed by atoms with Crippen molar-refractivity contribution in [3.8, 4) is 11.5 Å². The second-order valence-corrected chi connectivity index (χ2v) is 7.48. The molecule has 0 spiro atoms.